The maximum atomic E-state index is 14.1. The molecule has 236 valence electrons. The summed E-state index contributed by atoms with van der Waals surface area (Å²) in [5.74, 6) is -1.52. The van der Waals surface area contributed by atoms with Crippen LogP contribution in [0.5, 0.6) is 0 Å². The van der Waals surface area contributed by atoms with Crippen molar-refractivity contribution in [3.8, 4) is 0 Å². The molecule has 3 aromatic carbocycles. The molecule has 0 saturated carbocycles. The van der Waals surface area contributed by atoms with E-state index in [4.69, 9.17) is 14.2 Å². The number of rotatable bonds is 6. The first-order valence-electron chi connectivity index (χ1n) is 14.6. The van der Waals surface area contributed by atoms with Gasteiger partial charge in [-0.05, 0) is 68.1 Å². The molecule has 0 spiro atoms. The number of ether oxygens (including phenoxy) is 3. The van der Waals surface area contributed by atoms with Gasteiger partial charge in [0.05, 0.1) is 29.2 Å². The van der Waals surface area contributed by atoms with E-state index >= 15 is 0 Å². The molecule has 1 saturated heterocycles. The van der Waals surface area contributed by atoms with Crippen molar-refractivity contribution < 1.29 is 37.9 Å². The Kier molecular flexibility index (Phi) is 9.14. The van der Waals surface area contributed by atoms with Crippen LogP contribution in [0.3, 0.4) is 0 Å². The summed E-state index contributed by atoms with van der Waals surface area (Å²) in [6, 6.07) is 17.4. The lowest BCUT2D eigenvalue weighted by Crippen LogP contribution is -2.57. The predicted molar refractivity (Wildman–Crippen MR) is 160 cm³/mol. The van der Waals surface area contributed by atoms with Gasteiger partial charge in [0, 0.05) is 25.1 Å². The van der Waals surface area contributed by atoms with E-state index in [-0.39, 0.29) is 30.2 Å². The maximum Gasteiger partial charge on any atom is 0.408 e. The van der Waals surface area contributed by atoms with Gasteiger partial charge >= 0.3 is 12.1 Å². The number of amides is 2. The minimum atomic E-state index is -1.02. The quantitative estimate of drug-likeness (QED) is 0.228. The van der Waals surface area contributed by atoms with Crippen molar-refractivity contribution in [2.75, 3.05) is 13.2 Å². The number of hydrogen-bond donors (Lipinski definition) is 1. The van der Waals surface area contributed by atoms with Crippen LogP contribution in [0, 0.1) is 15.9 Å². The van der Waals surface area contributed by atoms with Gasteiger partial charge in [-0.1, -0.05) is 36.4 Å². The Morgan fingerprint density at radius 2 is 1.71 bits per heavy atom. The monoisotopic (exact) mass is 619 g/mol. The first-order chi connectivity index (χ1) is 21.4. The lowest BCUT2D eigenvalue weighted by molar-refractivity contribution is -0.384. The van der Waals surface area contributed by atoms with Crippen LogP contribution >= 0.6 is 0 Å². The Balaban J connectivity index is 1.39. The van der Waals surface area contributed by atoms with Crippen LogP contribution in [0.2, 0.25) is 0 Å². The lowest BCUT2D eigenvalue weighted by atomic mass is 9.87. The summed E-state index contributed by atoms with van der Waals surface area (Å²) in [5.41, 5.74) is 1.82. The van der Waals surface area contributed by atoms with Gasteiger partial charge in [0.15, 0.2) is 0 Å². The summed E-state index contributed by atoms with van der Waals surface area (Å²) < 4.78 is 31.0. The van der Waals surface area contributed by atoms with E-state index in [1.165, 1.54) is 36.4 Å². The minimum absolute atomic E-state index is 0.0648. The smallest absolute Gasteiger partial charge is 0.408 e. The number of esters is 1. The number of carbonyl (C=O) groups excluding carboxylic acids is 3. The fraction of sp³-hybridized carbons (Fsp3) is 0.364. The average Bonchev–Trinajstić information content (AvgIpc) is 3.00. The predicted octanol–water partition coefficient (Wildman–Crippen LogP) is 5.12. The third kappa shape index (κ3) is 7.46. The molecule has 0 aliphatic carbocycles. The molecule has 1 fully saturated rings. The van der Waals surface area contributed by atoms with Crippen LogP contribution in [0.4, 0.5) is 14.9 Å². The summed E-state index contributed by atoms with van der Waals surface area (Å²) in [6.45, 7) is 5.35. The first-order valence-corrected chi connectivity index (χ1v) is 14.6. The molecule has 3 aromatic rings. The van der Waals surface area contributed by atoms with Gasteiger partial charge in [-0.25, -0.2) is 14.0 Å². The van der Waals surface area contributed by atoms with Gasteiger partial charge in [0.1, 0.15) is 23.6 Å². The fourth-order valence-electron chi connectivity index (χ4n) is 5.58. The second-order valence-electron chi connectivity index (χ2n) is 12.0. The normalized spacial score (nSPS) is 21.3. The van der Waals surface area contributed by atoms with Crippen LogP contribution in [-0.2, 0) is 25.4 Å². The highest BCUT2D eigenvalue weighted by molar-refractivity contribution is 5.90. The molecule has 5 rings (SSSR count). The SMILES string of the molecule is CC(C)(C)OC(=O)NC1COC(C(=O)N2CCc3ccccc3[C@@H]2c2ccc(F)cc2)CC1OC(=O)c1ccc([N+](=O)[O-])cc1. The Morgan fingerprint density at radius 3 is 2.38 bits per heavy atom. The van der Waals surface area contributed by atoms with E-state index in [1.54, 1.807) is 37.8 Å². The first kappa shape index (κ1) is 31.6. The molecular weight excluding hydrogens is 585 g/mol. The number of non-ortho nitro benzene ring substituents is 1. The number of benzene rings is 3. The molecule has 0 bridgehead atoms. The standard InChI is InChI=1S/C33H34FN3O8/c1-33(2,3)45-32(40)35-26-19-43-28(18-27(26)44-31(39)22-10-14-24(15-11-22)37(41)42)30(38)36-17-16-20-6-4-5-7-25(20)29(36)21-8-12-23(34)13-9-21/h4-15,26-29H,16-19H2,1-3H3,(H,35,40)/t26?,27?,28?,29-/m0/s1. The Morgan fingerprint density at radius 1 is 1.02 bits per heavy atom. The van der Waals surface area contributed by atoms with Crippen LogP contribution in [0.1, 0.15) is 60.3 Å². The zero-order valence-electron chi connectivity index (χ0n) is 25.1. The number of nitro benzene ring substituents is 1. The summed E-state index contributed by atoms with van der Waals surface area (Å²) in [7, 11) is 0. The van der Waals surface area contributed by atoms with Gasteiger partial charge in [0.25, 0.3) is 11.6 Å². The molecule has 3 unspecified atom stereocenters. The van der Waals surface area contributed by atoms with Crippen molar-refractivity contribution in [3.05, 3.63) is 111 Å². The molecule has 2 aliphatic heterocycles. The Labute approximate surface area is 259 Å². The lowest BCUT2D eigenvalue weighted by Gasteiger charge is -2.42. The average molecular weight is 620 g/mol. The van der Waals surface area contributed by atoms with E-state index in [0.717, 1.165) is 16.7 Å². The molecule has 12 heteroatoms. The largest absolute Gasteiger partial charge is 0.456 e. The van der Waals surface area contributed by atoms with Gasteiger partial charge in [-0.3, -0.25) is 14.9 Å². The number of carbonyl (C=O) groups is 3. The number of fused-ring (bicyclic) bond motifs is 1. The Hall–Kier alpha value is -4.84. The molecule has 4 atom stereocenters. The number of nitrogens with zero attached hydrogens (tertiary/aromatic N) is 2. The van der Waals surface area contributed by atoms with Crippen LogP contribution in [0.25, 0.3) is 0 Å². The summed E-state index contributed by atoms with van der Waals surface area (Å²) in [4.78, 5) is 52.1. The molecule has 2 aliphatic rings. The molecule has 2 heterocycles. The zero-order chi connectivity index (χ0) is 32.3. The van der Waals surface area contributed by atoms with Crippen LogP contribution in [-0.4, -0.2) is 64.8 Å². The number of nitrogens with one attached hydrogen (secondary N) is 1. The van der Waals surface area contributed by atoms with E-state index in [1.807, 2.05) is 24.3 Å². The molecule has 0 radical (unpaired) electrons. The second-order valence-corrected chi connectivity index (χ2v) is 12.0. The van der Waals surface area contributed by atoms with Crippen molar-refractivity contribution in [2.24, 2.45) is 0 Å². The number of halogens is 1. The van der Waals surface area contributed by atoms with E-state index in [0.29, 0.717) is 13.0 Å². The van der Waals surface area contributed by atoms with Gasteiger partial charge in [0.2, 0.25) is 0 Å². The summed E-state index contributed by atoms with van der Waals surface area (Å²) >= 11 is 0. The zero-order valence-corrected chi connectivity index (χ0v) is 25.1. The Bertz CT molecular complexity index is 1570. The molecule has 45 heavy (non-hydrogen) atoms. The summed E-state index contributed by atoms with van der Waals surface area (Å²) in [5, 5.41) is 13.7. The second kappa shape index (κ2) is 13.0. The number of alkyl carbamates (subject to hydrolysis) is 1. The summed E-state index contributed by atoms with van der Waals surface area (Å²) in [6.07, 6.45) is -2.24. The van der Waals surface area contributed by atoms with E-state index in [9.17, 15) is 28.9 Å². The van der Waals surface area contributed by atoms with E-state index in [2.05, 4.69) is 5.32 Å². The van der Waals surface area contributed by atoms with Crippen molar-refractivity contribution in [2.45, 2.75) is 63.5 Å². The third-order valence-electron chi connectivity index (χ3n) is 7.67. The van der Waals surface area contributed by atoms with Crippen molar-refractivity contribution in [1.82, 2.24) is 10.2 Å². The highest BCUT2D eigenvalue weighted by atomic mass is 19.1. The highest BCUT2D eigenvalue weighted by Crippen LogP contribution is 2.37. The highest BCUT2D eigenvalue weighted by Gasteiger charge is 2.43. The molecule has 1 N–H and O–H groups in total. The minimum Gasteiger partial charge on any atom is -0.456 e. The molecular formula is C33H34FN3O8. The van der Waals surface area contributed by atoms with Crippen LogP contribution < -0.4 is 5.32 Å². The topological polar surface area (TPSA) is 137 Å². The van der Waals surface area contributed by atoms with E-state index < -0.39 is 52.7 Å². The van der Waals surface area contributed by atoms with Gasteiger partial charge < -0.3 is 24.4 Å². The van der Waals surface area contributed by atoms with Crippen molar-refractivity contribution >= 4 is 23.7 Å². The molecule has 11 nitrogen and oxygen atoms in total. The van der Waals surface area contributed by atoms with Gasteiger partial charge in [-0.15, -0.1) is 0 Å². The van der Waals surface area contributed by atoms with Gasteiger partial charge in [-0.2, -0.15) is 0 Å². The van der Waals surface area contributed by atoms with Crippen LogP contribution in [0.15, 0.2) is 72.8 Å². The van der Waals surface area contributed by atoms with Crippen molar-refractivity contribution in [3.63, 3.8) is 0 Å². The number of hydrogen-bond acceptors (Lipinski definition) is 8. The maximum absolute atomic E-state index is 14.1. The molecule has 0 aromatic heterocycles. The number of nitro groups is 1. The molecule has 2 amide bonds. The fourth-order valence-corrected chi connectivity index (χ4v) is 5.58. The third-order valence-corrected chi connectivity index (χ3v) is 7.67. The van der Waals surface area contributed by atoms with Crippen molar-refractivity contribution in [1.29, 1.82) is 0 Å².